The van der Waals surface area contributed by atoms with Gasteiger partial charge in [-0.2, -0.15) is 0 Å². The van der Waals surface area contributed by atoms with Crippen molar-refractivity contribution in [2.75, 3.05) is 33.4 Å². The molecule has 10 heteroatoms. The molecule has 3 aromatic carbocycles. The van der Waals surface area contributed by atoms with Gasteiger partial charge in [-0.3, -0.25) is 0 Å². The molecule has 3 aromatic rings. The van der Waals surface area contributed by atoms with Gasteiger partial charge in [-0.25, -0.2) is 8.42 Å². The molecular formula is C24H27N3O6S. The Bertz CT molecular complexity index is 1120. The van der Waals surface area contributed by atoms with Crippen LogP contribution in [-0.4, -0.2) is 46.4 Å². The van der Waals surface area contributed by atoms with E-state index in [1.807, 2.05) is 30.3 Å². The predicted octanol–water partition coefficient (Wildman–Crippen LogP) is 3.96. The second-order valence-electron chi connectivity index (χ2n) is 6.84. The monoisotopic (exact) mass is 485 g/mol. The van der Waals surface area contributed by atoms with Crippen molar-refractivity contribution in [1.82, 2.24) is 5.32 Å². The fraction of sp³-hybridized carbons (Fsp3) is 0.250. The van der Waals surface area contributed by atoms with Crippen molar-refractivity contribution in [3.63, 3.8) is 0 Å². The highest BCUT2D eigenvalue weighted by atomic mass is 32.2. The number of morpholine rings is 1. The number of methoxy groups -OCH3 is 1. The average molecular weight is 486 g/mol. The van der Waals surface area contributed by atoms with E-state index < -0.39 is 10.1 Å². The van der Waals surface area contributed by atoms with Crippen LogP contribution >= 0.6 is 0 Å². The van der Waals surface area contributed by atoms with Gasteiger partial charge >= 0.3 is 5.69 Å². The van der Waals surface area contributed by atoms with Crippen LogP contribution in [-0.2, 0) is 21.5 Å². The lowest BCUT2D eigenvalue weighted by atomic mass is 10.2. The Morgan fingerprint density at radius 2 is 1.62 bits per heavy atom. The molecule has 0 aromatic heterocycles. The number of ether oxygens (including phenoxy) is 3. The van der Waals surface area contributed by atoms with Gasteiger partial charge in [0, 0.05) is 13.1 Å². The van der Waals surface area contributed by atoms with Crippen LogP contribution < -0.4 is 14.8 Å². The summed E-state index contributed by atoms with van der Waals surface area (Å²) in [6.45, 7) is 4.30. The molecule has 0 atom stereocenters. The third kappa shape index (κ3) is 9.97. The largest absolute Gasteiger partial charge is 0.744 e. The quantitative estimate of drug-likeness (QED) is 0.425. The number of diazo groups is 1. The zero-order valence-electron chi connectivity index (χ0n) is 18.8. The molecule has 0 saturated carbocycles. The van der Waals surface area contributed by atoms with E-state index in [-0.39, 0.29) is 4.90 Å². The van der Waals surface area contributed by atoms with Crippen molar-refractivity contribution in [2.24, 2.45) is 0 Å². The van der Waals surface area contributed by atoms with Crippen LogP contribution in [0.25, 0.3) is 4.98 Å². The van der Waals surface area contributed by atoms with E-state index in [4.69, 9.17) is 19.6 Å². The first kappa shape index (κ1) is 26.8. The topological polar surface area (TPSA) is 125 Å². The second kappa shape index (κ2) is 14.6. The van der Waals surface area contributed by atoms with Crippen LogP contribution in [0.5, 0.6) is 11.5 Å². The second-order valence-corrected chi connectivity index (χ2v) is 8.22. The molecular weight excluding hydrogens is 458 g/mol. The SMILES string of the molecule is C1COCCN1.COc1ccc(OCc2ccccc2)cc1[N+]#N.O=S(=O)([O-])c1ccccc1. The summed E-state index contributed by atoms with van der Waals surface area (Å²) in [4.78, 5) is 2.97. The fourth-order valence-corrected chi connectivity index (χ4v) is 3.17. The Labute approximate surface area is 199 Å². The van der Waals surface area contributed by atoms with E-state index in [2.05, 4.69) is 10.3 Å². The van der Waals surface area contributed by atoms with Crippen molar-refractivity contribution >= 4 is 15.8 Å². The highest BCUT2D eigenvalue weighted by molar-refractivity contribution is 7.85. The summed E-state index contributed by atoms with van der Waals surface area (Å²) in [7, 11) is -2.73. The van der Waals surface area contributed by atoms with E-state index in [0.29, 0.717) is 23.8 Å². The van der Waals surface area contributed by atoms with Crippen molar-refractivity contribution < 1.29 is 27.2 Å². The van der Waals surface area contributed by atoms with Crippen LogP contribution in [0.2, 0.25) is 0 Å². The summed E-state index contributed by atoms with van der Waals surface area (Å²) >= 11 is 0. The van der Waals surface area contributed by atoms with Crippen LogP contribution in [0.4, 0.5) is 5.69 Å². The minimum absolute atomic E-state index is 0.185. The van der Waals surface area contributed by atoms with E-state index in [1.54, 1.807) is 24.3 Å². The Kier molecular flexibility index (Phi) is 11.5. The summed E-state index contributed by atoms with van der Waals surface area (Å²) in [5.41, 5.74) is 1.43. The van der Waals surface area contributed by atoms with Gasteiger partial charge in [0.2, 0.25) is 11.1 Å². The zero-order valence-corrected chi connectivity index (χ0v) is 19.6. The van der Waals surface area contributed by atoms with E-state index >= 15 is 0 Å². The lowest BCUT2D eigenvalue weighted by Gasteiger charge is -2.10. The first-order valence-electron chi connectivity index (χ1n) is 10.4. The molecule has 0 radical (unpaired) electrons. The third-order valence-corrected chi connectivity index (χ3v) is 5.23. The Morgan fingerprint density at radius 3 is 2.06 bits per heavy atom. The number of nitrogens with zero attached hydrogens (tertiary/aromatic N) is 2. The molecule has 180 valence electrons. The number of hydrogen-bond donors (Lipinski definition) is 1. The van der Waals surface area contributed by atoms with Crippen LogP contribution in [0, 0.1) is 5.39 Å². The Morgan fingerprint density at radius 1 is 1.00 bits per heavy atom. The third-order valence-electron chi connectivity index (χ3n) is 4.38. The highest BCUT2D eigenvalue weighted by Gasteiger charge is 2.15. The summed E-state index contributed by atoms with van der Waals surface area (Å²) in [6, 6.07) is 22.1. The lowest BCUT2D eigenvalue weighted by molar-refractivity contribution is 0.109. The molecule has 34 heavy (non-hydrogen) atoms. The van der Waals surface area contributed by atoms with Crippen molar-refractivity contribution in [2.45, 2.75) is 11.5 Å². The maximum atomic E-state index is 10.3. The molecule has 1 heterocycles. The first-order valence-corrected chi connectivity index (χ1v) is 11.8. The first-order chi connectivity index (χ1) is 16.4. The minimum Gasteiger partial charge on any atom is -0.744 e. The fourth-order valence-electron chi connectivity index (χ4n) is 2.68. The molecule has 1 saturated heterocycles. The maximum absolute atomic E-state index is 10.3. The highest BCUT2D eigenvalue weighted by Crippen LogP contribution is 2.31. The van der Waals surface area contributed by atoms with Gasteiger partial charge in [0.1, 0.15) is 22.5 Å². The molecule has 0 spiro atoms. The molecule has 0 amide bonds. The van der Waals surface area contributed by atoms with Crippen molar-refractivity contribution in [3.8, 4) is 11.5 Å². The van der Waals surface area contributed by atoms with Crippen molar-refractivity contribution in [1.29, 1.82) is 5.39 Å². The number of hydrogen-bond acceptors (Lipinski definition) is 8. The van der Waals surface area contributed by atoms with Crippen LogP contribution in [0.15, 0.2) is 83.8 Å². The standard InChI is InChI=1S/C14H13N2O2.C6H6O3S.C4H9NO/c1-17-14-8-7-12(9-13(14)16-15)18-10-11-5-3-2-4-6-11;7-10(8,9)6-4-2-1-3-5-6;1-3-6-4-2-5-1/h2-9H,10H2,1H3;1-5H,(H,7,8,9);5H,1-4H2/q+1;;/p-1. The molecule has 0 aliphatic carbocycles. The molecule has 1 fully saturated rings. The molecule has 9 nitrogen and oxygen atoms in total. The summed E-state index contributed by atoms with van der Waals surface area (Å²) in [6.07, 6.45) is 0. The Balaban J connectivity index is 0.000000212. The molecule has 4 rings (SSSR count). The average Bonchev–Trinajstić information content (AvgIpc) is 2.89. The zero-order chi connectivity index (χ0) is 24.7. The van der Waals surface area contributed by atoms with Gasteiger partial charge in [0.05, 0.1) is 31.3 Å². The summed E-state index contributed by atoms with van der Waals surface area (Å²) in [5.74, 6) is 1.14. The summed E-state index contributed by atoms with van der Waals surface area (Å²) in [5, 5.41) is 12.0. The molecule has 0 unspecified atom stereocenters. The van der Waals surface area contributed by atoms with Crippen LogP contribution in [0.3, 0.4) is 0 Å². The van der Waals surface area contributed by atoms with E-state index in [1.165, 1.54) is 31.4 Å². The minimum atomic E-state index is -4.25. The van der Waals surface area contributed by atoms with Crippen molar-refractivity contribution in [3.05, 3.63) is 89.4 Å². The predicted molar refractivity (Wildman–Crippen MR) is 127 cm³/mol. The van der Waals surface area contributed by atoms with Gasteiger partial charge < -0.3 is 24.1 Å². The number of benzene rings is 3. The van der Waals surface area contributed by atoms with Crippen LogP contribution in [0.1, 0.15) is 5.56 Å². The van der Waals surface area contributed by atoms with Gasteiger partial charge in [-0.1, -0.05) is 48.5 Å². The number of rotatable bonds is 5. The molecule has 0 bridgehead atoms. The van der Waals surface area contributed by atoms with E-state index in [0.717, 1.165) is 31.9 Å². The van der Waals surface area contributed by atoms with Gasteiger partial charge in [0.15, 0.2) is 4.98 Å². The molecule has 1 N–H and O–H groups in total. The number of nitrogens with one attached hydrogen (secondary N) is 1. The molecule has 1 aliphatic rings. The molecule has 1 aliphatic heterocycles. The maximum Gasteiger partial charge on any atom is 0.429 e. The summed E-state index contributed by atoms with van der Waals surface area (Å²) < 4.78 is 46.5. The lowest BCUT2D eigenvalue weighted by Crippen LogP contribution is -2.30. The van der Waals surface area contributed by atoms with E-state index in [9.17, 15) is 13.0 Å². The Hall–Kier alpha value is -3.49. The van der Waals surface area contributed by atoms with Gasteiger partial charge in [-0.05, 0) is 29.8 Å². The normalized spacial score (nSPS) is 12.6. The van der Waals surface area contributed by atoms with Gasteiger partial charge in [-0.15, -0.1) is 0 Å². The van der Waals surface area contributed by atoms with Gasteiger partial charge in [0.25, 0.3) is 0 Å². The smallest absolute Gasteiger partial charge is 0.429 e.